The van der Waals surface area contributed by atoms with Gasteiger partial charge in [0, 0.05) is 6.54 Å². The molecule has 0 fully saturated rings. The van der Waals surface area contributed by atoms with E-state index >= 15 is 0 Å². The number of hydrogen-bond donors (Lipinski definition) is 1. The van der Waals surface area contributed by atoms with Crippen LogP contribution >= 0.6 is 0 Å². The molecule has 0 radical (unpaired) electrons. The molecule has 2 N–H and O–H groups in total. The van der Waals surface area contributed by atoms with Crippen molar-refractivity contribution in [1.82, 2.24) is 0 Å². The van der Waals surface area contributed by atoms with Crippen LogP contribution in [0, 0.1) is 11.7 Å². The first-order valence-corrected chi connectivity index (χ1v) is 7.04. The van der Waals surface area contributed by atoms with Crippen LogP contribution in [0.5, 0.6) is 0 Å². The summed E-state index contributed by atoms with van der Waals surface area (Å²) in [6.07, 6.45) is 2.67. The van der Waals surface area contributed by atoms with Crippen LogP contribution in [0.1, 0.15) is 38.7 Å². The molecule has 0 spiro atoms. The van der Waals surface area contributed by atoms with E-state index in [1.165, 1.54) is 19.2 Å². The second-order valence-corrected chi connectivity index (χ2v) is 5.38. The summed E-state index contributed by atoms with van der Waals surface area (Å²) in [5.74, 6) is -0.339. The quantitative estimate of drug-likeness (QED) is 0.782. The largest absolute Gasteiger partial charge is 0.468 e. The van der Waals surface area contributed by atoms with E-state index in [9.17, 15) is 9.18 Å². The first-order chi connectivity index (χ1) is 9.50. The minimum Gasteiger partial charge on any atom is -0.468 e. The first kappa shape index (κ1) is 16.6. The number of carbonyl (C=O) groups excluding carboxylic acids is 1. The van der Waals surface area contributed by atoms with Crippen molar-refractivity contribution in [3.63, 3.8) is 0 Å². The van der Waals surface area contributed by atoms with E-state index in [4.69, 9.17) is 10.5 Å². The number of ether oxygens (including phenoxy) is 1. The topological polar surface area (TPSA) is 52.3 Å². The van der Waals surface area contributed by atoms with Gasteiger partial charge in [0.15, 0.2) is 0 Å². The van der Waals surface area contributed by atoms with E-state index in [0.717, 1.165) is 18.4 Å². The van der Waals surface area contributed by atoms with Crippen LogP contribution in [0.4, 0.5) is 4.39 Å². The first-order valence-electron chi connectivity index (χ1n) is 7.04. The third kappa shape index (κ3) is 3.57. The van der Waals surface area contributed by atoms with Crippen LogP contribution < -0.4 is 5.73 Å². The van der Waals surface area contributed by atoms with E-state index in [0.29, 0.717) is 12.3 Å². The fourth-order valence-electron chi connectivity index (χ4n) is 2.76. The van der Waals surface area contributed by atoms with Gasteiger partial charge in [-0.15, -0.1) is 0 Å². The maximum Gasteiger partial charge on any atom is 0.317 e. The van der Waals surface area contributed by atoms with Gasteiger partial charge < -0.3 is 10.5 Å². The SMILES string of the molecule is CCCC(C)CC(CN)(C(=O)OC)c1ccc(F)cc1. The van der Waals surface area contributed by atoms with Gasteiger partial charge in [0.1, 0.15) is 11.2 Å². The van der Waals surface area contributed by atoms with Crippen molar-refractivity contribution in [2.45, 2.75) is 38.5 Å². The molecule has 1 aromatic rings. The van der Waals surface area contributed by atoms with Crippen molar-refractivity contribution < 1.29 is 13.9 Å². The van der Waals surface area contributed by atoms with Gasteiger partial charge in [-0.3, -0.25) is 4.79 Å². The molecule has 0 amide bonds. The van der Waals surface area contributed by atoms with Gasteiger partial charge in [-0.2, -0.15) is 0 Å². The van der Waals surface area contributed by atoms with Crippen molar-refractivity contribution in [3.8, 4) is 0 Å². The van der Waals surface area contributed by atoms with Crippen LogP contribution in [-0.2, 0) is 14.9 Å². The summed E-state index contributed by atoms with van der Waals surface area (Å²) in [6, 6.07) is 5.95. The minimum absolute atomic E-state index is 0.152. The summed E-state index contributed by atoms with van der Waals surface area (Å²) in [4.78, 5) is 12.3. The molecule has 2 unspecified atom stereocenters. The third-order valence-electron chi connectivity index (χ3n) is 3.80. The average molecular weight is 281 g/mol. The molecule has 2 atom stereocenters. The van der Waals surface area contributed by atoms with Crippen molar-refractivity contribution in [2.75, 3.05) is 13.7 Å². The number of halogens is 1. The van der Waals surface area contributed by atoms with Gasteiger partial charge in [-0.1, -0.05) is 38.8 Å². The maximum absolute atomic E-state index is 13.1. The highest BCUT2D eigenvalue weighted by molar-refractivity contribution is 5.83. The molecule has 0 bridgehead atoms. The molecule has 0 saturated heterocycles. The summed E-state index contributed by atoms with van der Waals surface area (Å²) < 4.78 is 18.1. The second kappa shape index (κ2) is 7.39. The predicted molar refractivity (Wildman–Crippen MR) is 77.8 cm³/mol. The van der Waals surface area contributed by atoms with Gasteiger partial charge >= 0.3 is 5.97 Å². The zero-order valence-corrected chi connectivity index (χ0v) is 12.5. The van der Waals surface area contributed by atoms with Crippen molar-refractivity contribution in [3.05, 3.63) is 35.6 Å². The number of nitrogens with two attached hydrogens (primary N) is 1. The molecule has 0 aliphatic heterocycles. The average Bonchev–Trinajstić information content (AvgIpc) is 2.45. The fourth-order valence-corrected chi connectivity index (χ4v) is 2.76. The van der Waals surface area contributed by atoms with Gasteiger partial charge in [0.25, 0.3) is 0 Å². The molecular weight excluding hydrogens is 257 g/mol. The van der Waals surface area contributed by atoms with Gasteiger partial charge in [-0.05, 0) is 30.0 Å². The highest BCUT2D eigenvalue weighted by Gasteiger charge is 2.41. The van der Waals surface area contributed by atoms with E-state index in [-0.39, 0.29) is 18.3 Å². The van der Waals surface area contributed by atoms with Crippen LogP contribution in [0.3, 0.4) is 0 Å². The normalized spacial score (nSPS) is 15.4. The highest BCUT2D eigenvalue weighted by Crippen LogP contribution is 2.33. The van der Waals surface area contributed by atoms with Crippen molar-refractivity contribution in [2.24, 2.45) is 11.7 Å². The Labute approximate surface area is 120 Å². The molecule has 112 valence electrons. The number of rotatable bonds is 7. The number of benzene rings is 1. The molecule has 4 heteroatoms. The second-order valence-electron chi connectivity index (χ2n) is 5.38. The molecule has 0 heterocycles. The van der Waals surface area contributed by atoms with E-state index < -0.39 is 5.41 Å². The van der Waals surface area contributed by atoms with E-state index in [1.807, 2.05) is 0 Å². The zero-order valence-electron chi connectivity index (χ0n) is 12.5. The summed E-state index contributed by atoms with van der Waals surface area (Å²) in [5.41, 5.74) is 5.73. The molecule has 0 aromatic heterocycles. The summed E-state index contributed by atoms with van der Waals surface area (Å²) in [5, 5.41) is 0. The Morgan fingerprint density at radius 2 is 2.00 bits per heavy atom. The molecular formula is C16H24FNO2. The summed E-state index contributed by atoms with van der Waals surface area (Å²) in [7, 11) is 1.36. The molecule has 3 nitrogen and oxygen atoms in total. The molecule has 1 aromatic carbocycles. The standard InChI is InChI=1S/C16H24FNO2/c1-4-5-12(2)10-16(11-18,15(19)20-3)13-6-8-14(17)9-7-13/h6-9,12H,4-5,10-11,18H2,1-3H3. The number of esters is 1. The summed E-state index contributed by atoms with van der Waals surface area (Å²) in [6.45, 7) is 4.36. The Balaban J connectivity index is 3.17. The van der Waals surface area contributed by atoms with Gasteiger partial charge in [0.2, 0.25) is 0 Å². The van der Waals surface area contributed by atoms with E-state index in [2.05, 4.69) is 13.8 Å². The zero-order chi connectivity index (χ0) is 15.2. The summed E-state index contributed by atoms with van der Waals surface area (Å²) >= 11 is 0. The molecule has 0 saturated carbocycles. The van der Waals surface area contributed by atoms with Crippen LogP contribution in [-0.4, -0.2) is 19.6 Å². The third-order valence-corrected chi connectivity index (χ3v) is 3.80. The molecule has 1 rings (SSSR count). The smallest absolute Gasteiger partial charge is 0.317 e. The lowest BCUT2D eigenvalue weighted by Crippen LogP contribution is -2.45. The van der Waals surface area contributed by atoms with Crippen LogP contribution in [0.2, 0.25) is 0 Å². The van der Waals surface area contributed by atoms with Crippen molar-refractivity contribution in [1.29, 1.82) is 0 Å². The minimum atomic E-state index is -0.892. The molecule has 0 aliphatic carbocycles. The Hall–Kier alpha value is -1.42. The molecule has 0 aliphatic rings. The lowest BCUT2D eigenvalue weighted by atomic mass is 9.73. The van der Waals surface area contributed by atoms with Crippen molar-refractivity contribution >= 4 is 5.97 Å². The monoisotopic (exact) mass is 281 g/mol. The predicted octanol–water partition coefficient (Wildman–Crippen LogP) is 3.02. The number of carbonyl (C=O) groups is 1. The Morgan fingerprint density at radius 1 is 1.40 bits per heavy atom. The highest BCUT2D eigenvalue weighted by atomic mass is 19.1. The molecule has 20 heavy (non-hydrogen) atoms. The fraction of sp³-hybridized carbons (Fsp3) is 0.562. The number of hydrogen-bond acceptors (Lipinski definition) is 3. The van der Waals surface area contributed by atoms with Gasteiger partial charge in [-0.25, -0.2) is 4.39 Å². The lowest BCUT2D eigenvalue weighted by molar-refractivity contribution is -0.148. The van der Waals surface area contributed by atoms with Gasteiger partial charge in [0.05, 0.1) is 7.11 Å². The number of methoxy groups -OCH3 is 1. The van der Waals surface area contributed by atoms with E-state index in [1.54, 1.807) is 12.1 Å². The lowest BCUT2D eigenvalue weighted by Gasteiger charge is -2.32. The Kier molecular flexibility index (Phi) is 6.14. The van der Waals surface area contributed by atoms with Crippen LogP contribution in [0.15, 0.2) is 24.3 Å². The van der Waals surface area contributed by atoms with Crippen LogP contribution in [0.25, 0.3) is 0 Å². The Morgan fingerprint density at radius 3 is 2.45 bits per heavy atom. The maximum atomic E-state index is 13.1. The Bertz CT molecular complexity index is 433.